The average molecular weight is 252 g/mol. The predicted molar refractivity (Wildman–Crippen MR) is 76.4 cm³/mol. The van der Waals surface area contributed by atoms with Crippen LogP contribution in [0.25, 0.3) is 0 Å². The van der Waals surface area contributed by atoms with E-state index in [0.29, 0.717) is 6.04 Å². The Labute approximate surface area is 111 Å². The highest BCUT2D eigenvalue weighted by Gasteiger charge is 2.16. The molecule has 0 amide bonds. The Morgan fingerprint density at radius 1 is 1.33 bits per heavy atom. The van der Waals surface area contributed by atoms with E-state index in [1.807, 2.05) is 11.7 Å². The Bertz CT molecular complexity index is 342. The number of hydrogen-bond donors (Lipinski definition) is 1. The van der Waals surface area contributed by atoms with E-state index in [9.17, 15) is 0 Å². The van der Waals surface area contributed by atoms with Gasteiger partial charge in [0.2, 0.25) is 0 Å². The molecule has 0 unspecified atom stereocenters. The van der Waals surface area contributed by atoms with E-state index in [1.54, 1.807) is 0 Å². The summed E-state index contributed by atoms with van der Waals surface area (Å²) in [5, 5.41) is 4.51. The number of nitrogens with two attached hydrogens (primary N) is 1. The molecular formula is C14H28N4. The fourth-order valence-corrected chi connectivity index (χ4v) is 2.46. The summed E-state index contributed by atoms with van der Waals surface area (Å²) in [6.45, 7) is 9.27. The molecule has 104 valence electrons. The lowest BCUT2D eigenvalue weighted by Crippen LogP contribution is -2.38. The molecule has 0 aliphatic heterocycles. The maximum atomic E-state index is 5.74. The Morgan fingerprint density at radius 2 is 2.00 bits per heavy atom. The van der Waals surface area contributed by atoms with Crippen molar-refractivity contribution < 1.29 is 0 Å². The monoisotopic (exact) mass is 252 g/mol. The van der Waals surface area contributed by atoms with Gasteiger partial charge in [-0.2, -0.15) is 5.10 Å². The molecule has 0 aromatic carbocycles. The molecule has 0 atom stereocenters. The minimum absolute atomic E-state index is 0.619. The largest absolute Gasteiger partial charge is 0.329 e. The first-order chi connectivity index (χ1) is 8.65. The molecular weight excluding hydrogens is 224 g/mol. The molecule has 4 heteroatoms. The lowest BCUT2D eigenvalue weighted by Gasteiger charge is -2.29. The summed E-state index contributed by atoms with van der Waals surface area (Å²) >= 11 is 0. The van der Waals surface area contributed by atoms with E-state index >= 15 is 0 Å². The standard InChI is InChI=1S/C14H28N4/c1-5-12-10-14(17(4)16-12)11-18(9-8-15)13(6-2)7-3/h10,13H,5-9,11,15H2,1-4H3. The van der Waals surface area contributed by atoms with E-state index in [2.05, 4.69) is 36.8 Å². The van der Waals surface area contributed by atoms with Gasteiger partial charge in [-0.15, -0.1) is 0 Å². The number of aryl methyl sites for hydroxylation is 2. The van der Waals surface area contributed by atoms with Crippen LogP contribution in [0.2, 0.25) is 0 Å². The Kier molecular flexibility index (Phi) is 6.36. The molecule has 1 rings (SSSR count). The highest BCUT2D eigenvalue weighted by atomic mass is 15.3. The lowest BCUT2D eigenvalue weighted by atomic mass is 10.1. The van der Waals surface area contributed by atoms with Gasteiger partial charge in [0.25, 0.3) is 0 Å². The highest BCUT2D eigenvalue weighted by molar-refractivity contribution is 5.10. The van der Waals surface area contributed by atoms with Crippen LogP contribution in [0.15, 0.2) is 6.07 Å². The fourth-order valence-electron chi connectivity index (χ4n) is 2.46. The molecule has 0 saturated heterocycles. The van der Waals surface area contributed by atoms with Crippen molar-refractivity contribution in [3.63, 3.8) is 0 Å². The maximum Gasteiger partial charge on any atom is 0.0625 e. The second-order valence-corrected chi connectivity index (χ2v) is 4.83. The lowest BCUT2D eigenvalue weighted by molar-refractivity contribution is 0.178. The van der Waals surface area contributed by atoms with Crippen molar-refractivity contribution in [2.45, 2.75) is 52.6 Å². The topological polar surface area (TPSA) is 47.1 Å². The molecule has 1 aromatic heterocycles. The van der Waals surface area contributed by atoms with Crippen LogP contribution < -0.4 is 5.73 Å². The molecule has 0 saturated carbocycles. The maximum absolute atomic E-state index is 5.74. The third kappa shape index (κ3) is 3.82. The summed E-state index contributed by atoms with van der Waals surface area (Å²) in [7, 11) is 2.03. The zero-order valence-electron chi connectivity index (χ0n) is 12.3. The molecule has 0 fully saturated rings. The molecule has 1 heterocycles. The number of rotatable bonds is 8. The van der Waals surface area contributed by atoms with Gasteiger partial charge in [0.1, 0.15) is 0 Å². The van der Waals surface area contributed by atoms with Crippen molar-refractivity contribution in [3.8, 4) is 0 Å². The average Bonchev–Trinajstić information content (AvgIpc) is 2.72. The van der Waals surface area contributed by atoms with Gasteiger partial charge in [0, 0.05) is 32.7 Å². The van der Waals surface area contributed by atoms with Gasteiger partial charge in [-0.05, 0) is 25.3 Å². The van der Waals surface area contributed by atoms with Crippen LogP contribution in [0, 0.1) is 0 Å². The summed E-state index contributed by atoms with van der Waals surface area (Å²) in [6, 6.07) is 2.83. The van der Waals surface area contributed by atoms with Gasteiger partial charge in [-0.25, -0.2) is 0 Å². The van der Waals surface area contributed by atoms with Crippen molar-refractivity contribution >= 4 is 0 Å². The molecule has 0 bridgehead atoms. The van der Waals surface area contributed by atoms with Crippen LogP contribution in [0.5, 0.6) is 0 Å². The minimum Gasteiger partial charge on any atom is -0.329 e. The minimum atomic E-state index is 0.619. The first-order valence-corrected chi connectivity index (χ1v) is 7.12. The van der Waals surface area contributed by atoms with Crippen LogP contribution in [0.1, 0.15) is 45.0 Å². The normalized spacial score (nSPS) is 11.7. The molecule has 1 aromatic rings. The quantitative estimate of drug-likeness (QED) is 0.769. The molecule has 2 N–H and O–H groups in total. The number of nitrogens with zero attached hydrogens (tertiary/aromatic N) is 3. The highest BCUT2D eigenvalue weighted by Crippen LogP contribution is 2.14. The van der Waals surface area contributed by atoms with E-state index in [4.69, 9.17) is 5.73 Å². The van der Waals surface area contributed by atoms with Gasteiger partial charge < -0.3 is 5.73 Å². The van der Waals surface area contributed by atoms with Crippen LogP contribution in [0.4, 0.5) is 0 Å². The summed E-state index contributed by atoms with van der Waals surface area (Å²) < 4.78 is 2.00. The third-order valence-corrected chi connectivity index (χ3v) is 3.63. The summed E-state index contributed by atoms with van der Waals surface area (Å²) in [5.41, 5.74) is 8.19. The fraction of sp³-hybridized carbons (Fsp3) is 0.786. The first kappa shape index (κ1) is 15.2. The van der Waals surface area contributed by atoms with Crippen LogP contribution in [-0.2, 0) is 20.0 Å². The zero-order valence-corrected chi connectivity index (χ0v) is 12.3. The Balaban J connectivity index is 2.78. The summed E-state index contributed by atoms with van der Waals surface area (Å²) in [6.07, 6.45) is 3.35. The molecule has 0 aliphatic rings. The number of aromatic nitrogens is 2. The van der Waals surface area contributed by atoms with Gasteiger partial charge in [-0.1, -0.05) is 20.8 Å². The van der Waals surface area contributed by atoms with E-state index in [0.717, 1.165) is 26.1 Å². The van der Waals surface area contributed by atoms with Crippen molar-refractivity contribution in [3.05, 3.63) is 17.5 Å². The molecule has 0 aliphatic carbocycles. The van der Waals surface area contributed by atoms with Gasteiger partial charge >= 0.3 is 0 Å². The summed E-state index contributed by atoms with van der Waals surface area (Å²) in [4.78, 5) is 2.48. The van der Waals surface area contributed by atoms with Crippen molar-refractivity contribution in [1.29, 1.82) is 0 Å². The second-order valence-electron chi connectivity index (χ2n) is 4.83. The van der Waals surface area contributed by atoms with Gasteiger partial charge in [0.15, 0.2) is 0 Å². The molecule has 18 heavy (non-hydrogen) atoms. The second kappa shape index (κ2) is 7.54. The van der Waals surface area contributed by atoms with Crippen LogP contribution >= 0.6 is 0 Å². The van der Waals surface area contributed by atoms with Gasteiger partial charge in [-0.3, -0.25) is 9.58 Å². The Morgan fingerprint density at radius 3 is 2.44 bits per heavy atom. The van der Waals surface area contributed by atoms with Crippen molar-refractivity contribution in [2.75, 3.05) is 13.1 Å². The Hall–Kier alpha value is -0.870. The predicted octanol–water partition coefficient (Wildman–Crippen LogP) is 1.93. The zero-order chi connectivity index (χ0) is 13.5. The molecule has 0 spiro atoms. The molecule has 4 nitrogen and oxygen atoms in total. The molecule has 0 radical (unpaired) electrons. The van der Waals surface area contributed by atoms with E-state index < -0.39 is 0 Å². The number of hydrogen-bond acceptors (Lipinski definition) is 3. The smallest absolute Gasteiger partial charge is 0.0625 e. The van der Waals surface area contributed by atoms with E-state index in [-0.39, 0.29) is 0 Å². The first-order valence-electron chi connectivity index (χ1n) is 7.12. The van der Waals surface area contributed by atoms with Crippen LogP contribution in [0.3, 0.4) is 0 Å². The summed E-state index contributed by atoms with van der Waals surface area (Å²) in [5.74, 6) is 0. The van der Waals surface area contributed by atoms with Crippen LogP contribution in [-0.4, -0.2) is 33.8 Å². The van der Waals surface area contributed by atoms with Crippen molar-refractivity contribution in [2.24, 2.45) is 12.8 Å². The van der Waals surface area contributed by atoms with Gasteiger partial charge in [0.05, 0.1) is 11.4 Å². The SMILES string of the molecule is CCc1cc(CN(CCN)C(CC)CC)n(C)n1. The van der Waals surface area contributed by atoms with Crippen molar-refractivity contribution in [1.82, 2.24) is 14.7 Å². The van der Waals surface area contributed by atoms with E-state index in [1.165, 1.54) is 24.2 Å². The third-order valence-electron chi connectivity index (χ3n) is 3.63.